The third-order valence-electron chi connectivity index (χ3n) is 3.59. The van der Waals surface area contributed by atoms with Gasteiger partial charge in [-0.15, -0.1) is 0 Å². The van der Waals surface area contributed by atoms with E-state index in [2.05, 4.69) is 33.2 Å². The molecule has 0 amide bonds. The number of halogens is 1. The maximum Gasteiger partial charge on any atom is 0.291 e. The van der Waals surface area contributed by atoms with E-state index in [0.29, 0.717) is 27.1 Å². The Balaban J connectivity index is 2.18. The van der Waals surface area contributed by atoms with Crippen molar-refractivity contribution in [1.29, 1.82) is 0 Å². The Morgan fingerprint density at radius 3 is 3.00 bits per heavy atom. The highest BCUT2D eigenvalue weighted by molar-refractivity contribution is 9.10. The summed E-state index contributed by atoms with van der Waals surface area (Å²) in [5.74, 6) is 1.82. The van der Waals surface area contributed by atoms with Gasteiger partial charge < -0.3 is 5.32 Å². The summed E-state index contributed by atoms with van der Waals surface area (Å²) in [7, 11) is 0. The van der Waals surface area contributed by atoms with Gasteiger partial charge in [-0.25, -0.2) is 4.98 Å². The Kier molecular flexibility index (Phi) is 5.26. The summed E-state index contributed by atoms with van der Waals surface area (Å²) in [5, 5.41) is 14.9. The van der Waals surface area contributed by atoms with Gasteiger partial charge >= 0.3 is 0 Å². The van der Waals surface area contributed by atoms with Crippen LogP contribution in [0.25, 0.3) is 0 Å². The molecule has 0 spiro atoms. The fourth-order valence-electron chi connectivity index (χ4n) is 2.53. The molecule has 0 bridgehead atoms. The molecule has 5 nitrogen and oxygen atoms in total. The highest BCUT2D eigenvalue weighted by Crippen LogP contribution is 2.35. The molecule has 1 fully saturated rings. The molecule has 1 heterocycles. The van der Waals surface area contributed by atoms with Crippen molar-refractivity contribution in [2.24, 2.45) is 0 Å². The van der Waals surface area contributed by atoms with E-state index in [1.165, 1.54) is 19.0 Å². The Morgan fingerprint density at radius 1 is 1.60 bits per heavy atom. The zero-order valence-corrected chi connectivity index (χ0v) is 14.0. The number of nitro groups is 1. The van der Waals surface area contributed by atoms with E-state index in [9.17, 15) is 10.1 Å². The lowest BCUT2D eigenvalue weighted by Gasteiger charge is -2.21. The molecule has 1 aliphatic rings. The van der Waals surface area contributed by atoms with Crippen LogP contribution >= 0.6 is 27.7 Å². The van der Waals surface area contributed by atoms with Crippen LogP contribution in [0.2, 0.25) is 0 Å². The molecule has 1 aliphatic carbocycles. The predicted octanol–water partition coefficient (Wildman–Crippen LogP) is 4.15. The molecule has 1 saturated carbocycles. The first-order valence-electron chi connectivity index (χ1n) is 6.72. The van der Waals surface area contributed by atoms with Crippen LogP contribution in [0.3, 0.4) is 0 Å². The van der Waals surface area contributed by atoms with Crippen LogP contribution in [0.1, 0.15) is 31.7 Å². The van der Waals surface area contributed by atoms with Crippen LogP contribution in [-0.4, -0.2) is 27.0 Å². The van der Waals surface area contributed by atoms with E-state index in [1.54, 1.807) is 6.92 Å². The number of anilines is 1. The van der Waals surface area contributed by atoms with Crippen LogP contribution in [0.15, 0.2) is 10.7 Å². The summed E-state index contributed by atoms with van der Waals surface area (Å²) in [4.78, 5) is 14.7. The number of rotatable bonds is 5. The van der Waals surface area contributed by atoms with Crippen LogP contribution in [0.5, 0.6) is 0 Å². The number of pyridine rings is 1. The molecule has 1 N–H and O–H groups in total. The van der Waals surface area contributed by atoms with Crippen molar-refractivity contribution in [3.05, 3.63) is 26.3 Å². The number of nitrogens with zero attached hydrogens (tertiary/aromatic N) is 2. The third kappa shape index (κ3) is 3.25. The van der Waals surface area contributed by atoms with E-state index in [0.717, 1.165) is 12.2 Å². The molecule has 110 valence electrons. The van der Waals surface area contributed by atoms with Crippen molar-refractivity contribution in [2.75, 3.05) is 11.1 Å². The van der Waals surface area contributed by atoms with Gasteiger partial charge in [-0.3, -0.25) is 10.1 Å². The summed E-state index contributed by atoms with van der Waals surface area (Å²) in [6.45, 7) is 3.91. The van der Waals surface area contributed by atoms with Crippen molar-refractivity contribution < 1.29 is 4.92 Å². The van der Waals surface area contributed by atoms with Gasteiger partial charge in [0.05, 0.1) is 9.40 Å². The second kappa shape index (κ2) is 6.76. The minimum atomic E-state index is -0.401. The summed E-state index contributed by atoms with van der Waals surface area (Å²) < 4.78 is 0.693. The molecule has 0 saturated heterocycles. The van der Waals surface area contributed by atoms with Crippen molar-refractivity contribution >= 4 is 39.2 Å². The lowest BCUT2D eigenvalue weighted by molar-refractivity contribution is -0.385. The minimum absolute atomic E-state index is 0.0494. The molecule has 0 aromatic carbocycles. The van der Waals surface area contributed by atoms with Crippen molar-refractivity contribution in [2.45, 2.75) is 44.4 Å². The largest absolute Gasteiger partial charge is 0.365 e. The molecule has 1 aromatic heterocycles. The molecule has 0 aliphatic heterocycles. The van der Waals surface area contributed by atoms with Crippen LogP contribution < -0.4 is 5.32 Å². The Labute approximate surface area is 131 Å². The van der Waals surface area contributed by atoms with E-state index < -0.39 is 4.92 Å². The first-order chi connectivity index (χ1) is 9.54. The SMILES string of the molecule is CCSC1CCCC1Nc1ncc([N+](=O)[O-])c(C)c1Br. The molecule has 0 radical (unpaired) electrons. The maximum absolute atomic E-state index is 10.9. The molecular formula is C13H18BrN3O2S. The van der Waals surface area contributed by atoms with E-state index in [-0.39, 0.29) is 5.69 Å². The average Bonchev–Trinajstić information content (AvgIpc) is 2.83. The zero-order chi connectivity index (χ0) is 14.7. The van der Waals surface area contributed by atoms with Crippen molar-refractivity contribution in [3.63, 3.8) is 0 Å². The standard InChI is InChI=1S/C13H18BrN3O2S/c1-3-20-11-6-4-5-9(11)16-13-12(14)8(2)10(7-15-13)17(18)19/h7,9,11H,3-6H2,1-2H3,(H,15,16). The second-order valence-electron chi connectivity index (χ2n) is 4.86. The van der Waals surface area contributed by atoms with E-state index in [1.807, 2.05) is 11.8 Å². The topological polar surface area (TPSA) is 68.1 Å². The Morgan fingerprint density at radius 2 is 2.35 bits per heavy atom. The Hall–Kier alpha value is -0.820. The fourth-order valence-corrected chi connectivity index (χ4v) is 4.15. The quantitative estimate of drug-likeness (QED) is 0.631. The molecule has 2 atom stereocenters. The molecule has 2 rings (SSSR count). The fraction of sp³-hybridized carbons (Fsp3) is 0.615. The summed E-state index contributed by atoms with van der Waals surface area (Å²) in [5.41, 5.74) is 0.665. The lowest BCUT2D eigenvalue weighted by Crippen LogP contribution is -2.27. The van der Waals surface area contributed by atoms with Gasteiger partial charge in [0.2, 0.25) is 0 Å². The molecule has 7 heteroatoms. The number of hydrogen-bond acceptors (Lipinski definition) is 5. The monoisotopic (exact) mass is 359 g/mol. The third-order valence-corrected chi connectivity index (χ3v) is 5.89. The lowest BCUT2D eigenvalue weighted by atomic mass is 10.2. The van der Waals surface area contributed by atoms with Gasteiger partial charge in [0.25, 0.3) is 5.69 Å². The van der Waals surface area contributed by atoms with Crippen LogP contribution in [0, 0.1) is 17.0 Å². The number of thioether (sulfide) groups is 1. The highest BCUT2D eigenvalue weighted by atomic mass is 79.9. The van der Waals surface area contributed by atoms with E-state index >= 15 is 0 Å². The first kappa shape index (κ1) is 15.6. The van der Waals surface area contributed by atoms with E-state index in [4.69, 9.17) is 0 Å². The average molecular weight is 360 g/mol. The first-order valence-corrected chi connectivity index (χ1v) is 8.56. The summed E-state index contributed by atoms with van der Waals surface area (Å²) >= 11 is 5.40. The highest BCUT2D eigenvalue weighted by Gasteiger charge is 2.28. The second-order valence-corrected chi connectivity index (χ2v) is 7.17. The van der Waals surface area contributed by atoms with Gasteiger partial charge in [0.1, 0.15) is 12.0 Å². The zero-order valence-electron chi connectivity index (χ0n) is 11.6. The van der Waals surface area contributed by atoms with Gasteiger partial charge in [-0.1, -0.05) is 13.3 Å². The Bertz CT molecular complexity index is 513. The van der Waals surface area contributed by atoms with Gasteiger partial charge in [0, 0.05) is 16.9 Å². The van der Waals surface area contributed by atoms with Gasteiger partial charge in [-0.05, 0) is 41.4 Å². The van der Waals surface area contributed by atoms with Gasteiger partial charge in [-0.2, -0.15) is 11.8 Å². The number of hydrogen-bond donors (Lipinski definition) is 1. The molecular weight excluding hydrogens is 342 g/mol. The van der Waals surface area contributed by atoms with Crippen LogP contribution in [0.4, 0.5) is 11.5 Å². The molecule has 2 unspecified atom stereocenters. The maximum atomic E-state index is 10.9. The van der Waals surface area contributed by atoms with Crippen LogP contribution in [-0.2, 0) is 0 Å². The van der Waals surface area contributed by atoms with Crippen molar-refractivity contribution in [1.82, 2.24) is 4.98 Å². The smallest absolute Gasteiger partial charge is 0.291 e. The number of aromatic nitrogens is 1. The normalized spacial score (nSPS) is 21.9. The molecule has 1 aromatic rings. The predicted molar refractivity (Wildman–Crippen MR) is 86.5 cm³/mol. The molecule has 20 heavy (non-hydrogen) atoms. The number of nitrogens with one attached hydrogen (secondary N) is 1. The van der Waals surface area contributed by atoms with Crippen molar-refractivity contribution in [3.8, 4) is 0 Å². The summed E-state index contributed by atoms with van der Waals surface area (Å²) in [6, 6.07) is 0.393. The van der Waals surface area contributed by atoms with Gasteiger partial charge in [0.15, 0.2) is 0 Å². The summed E-state index contributed by atoms with van der Waals surface area (Å²) in [6.07, 6.45) is 4.90. The minimum Gasteiger partial charge on any atom is -0.365 e.